The van der Waals surface area contributed by atoms with Gasteiger partial charge in [-0.15, -0.1) is 0 Å². The highest BCUT2D eigenvalue weighted by atomic mass is 15.1. The van der Waals surface area contributed by atoms with Crippen molar-refractivity contribution >= 4 is 79.0 Å². The molecule has 0 fully saturated rings. The molecule has 0 bridgehead atoms. The van der Waals surface area contributed by atoms with Crippen molar-refractivity contribution in [3.05, 3.63) is 253 Å². The Balaban J connectivity index is 0.000000182. The number of nitrogens with zero attached hydrogens (tertiary/aromatic N) is 1. The fourth-order valence-electron chi connectivity index (χ4n) is 9.06. The minimum absolute atomic E-state index is 0.465. The van der Waals surface area contributed by atoms with Crippen LogP contribution in [0.2, 0.25) is 0 Å². The number of anilines is 5. The van der Waals surface area contributed by atoms with Crippen molar-refractivity contribution in [3.63, 3.8) is 0 Å². The zero-order chi connectivity index (χ0) is 41.8. The molecule has 0 spiro atoms. The largest absolute Gasteiger partial charge is 0.356 e. The third kappa shape index (κ3) is 7.55. The number of hydrogen-bond donors (Lipinski definition) is 1. The van der Waals surface area contributed by atoms with Crippen molar-refractivity contribution in [2.45, 2.75) is 6.42 Å². The summed E-state index contributed by atoms with van der Waals surface area (Å²) in [6.07, 6.45) is 16.2. The van der Waals surface area contributed by atoms with Gasteiger partial charge in [0.05, 0.1) is 5.69 Å². The Kier molecular flexibility index (Phi) is 10.5. The van der Waals surface area contributed by atoms with Crippen LogP contribution in [0.4, 0.5) is 28.4 Å². The molecular formula is C60H46N2. The molecule has 1 atom stereocenters. The van der Waals surface area contributed by atoms with E-state index in [4.69, 9.17) is 0 Å². The molecule has 0 heterocycles. The van der Waals surface area contributed by atoms with Gasteiger partial charge in [-0.1, -0.05) is 177 Å². The van der Waals surface area contributed by atoms with Crippen molar-refractivity contribution in [2.75, 3.05) is 10.2 Å². The monoisotopic (exact) mass is 794 g/mol. The summed E-state index contributed by atoms with van der Waals surface area (Å²) in [6, 6.07) is 66.7. The van der Waals surface area contributed by atoms with Crippen molar-refractivity contribution in [1.82, 2.24) is 0 Å². The van der Waals surface area contributed by atoms with Gasteiger partial charge in [0.25, 0.3) is 0 Å². The van der Waals surface area contributed by atoms with Gasteiger partial charge in [0.15, 0.2) is 0 Å². The highest BCUT2D eigenvalue weighted by Gasteiger charge is 2.23. The maximum Gasteiger partial charge on any atom is 0.0540 e. The summed E-state index contributed by atoms with van der Waals surface area (Å²) in [5.74, 6) is 0.465. The van der Waals surface area contributed by atoms with Crippen molar-refractivity contribution in [1.29, 1.82) is 0 Å². The third-order valence-corrected chi connectivity index (χ3v) is 12.1. The molecule has 11 rings (SSSR count). The third-order valence-electron chi connectivity index (χ3n) is 12.1. The molecule has 296 valence electrons. The van der Waals surface area contributed by atoms with E-state index in [0.29, 0.717) is 5.92 Å². The summed E-state index contributed by atoms with van der Waals surface area (Å²) in [5.41, 5.74) is 14.1. The molecule has 0 amide bonds. The summed E-state index contributed by atoms with van der Waals surface area (Å²) in [4.78, 5) is 2.35. The summed E-state index contributed by atoms with van der Waals surface area (Å²) in [5, 5.41) is 11.0. The van der Waals surface area contributed by atoms with Crippen molar-refractivity contribution < 1.29 is 0 Å². The van der Waals surface area contributed by atoms with Crippen LogP contribution in [0.1, 0.15) is 22.3 Å². The van der Waals surface area contributed by atoms with E-state index in [9.17, 15) is 0 Å². The predicted octanol–water partition coefficient (Wildman–Crippen LogP) is 16.7. The lowest BCUT2D eigenvalue weighted by molar-refractivity contribution is 0.759. The molecule has 2 nitrogen and oxygen atoms in total. The molecule has 62 heavy (non-hydrogen) atoms. The van der Waals surface area contributed by atoms with E-state index in [1.807, 2.05) is 30.4 Å². The van der Waals surface area contributed by atoms with Crippen LogP contribution < -0.4 is 10.2 Å². The maximum absolute atomic E-state index is 4.28. The lowest BCUT2D eigenvalue weighted by Gasteiger charge is -2.30. The molecule has 2 aliphatic rings. The molecule has 1 N–H and O–H groups in total. The van der Waals surface area contributed by atoms with Crippen molar-refractivity contribution in [3.8, 4) is 11.1 Å². The van der Waals surface area contributed by atoms with Gasteiger partial charge in [0, 0.05) is 34.2 Å². The van der Waals surface area contributed by atoms with Crippen LogP contribution in [0.25, 0.3) is 61.7 Å². The summed E-state index contributed by atoms with van der Waals surface area (Å²) in [7, 11) is 0. The molecule has 9 aromatic rings. The number of nitrogens with one attached hydrogen (secondary N) is 1. The predicted molar refractivity (Wildman–Crippen MR) is 269 cm³/mol. The zero-order valence-corrected chi connectivity index (χ0v) is 34.6. The first kappa shape index (κ1) is 38.3. The molecular weight excluding hydrogens is 749 g/mol. The Hall–Kier alpha value is -7.94. The second-order valence-electron chi connectivity index (χ2n) is 15.9. The normalized spacial score (nSPS) is 13.7. The fraction of sp³-hybridized carbons (Fsp3) is 0.0333. The van der Waals surface area contributed by atoms with Gasteiger partial charge in [-0.3, -0.25) is 0 Å². The van der Waals surface area contributed by atoms with Crippen LogP contribution in [-0.4, -0.2) is 0 Å². The Morgan fingerprint density at radius 3 is 1.98 bits per heavy atom. The molecule has 2 aliphatic carbocycles. The molecule has 2 heteroatoms. The quantitative estimate of drug-likeness (QED) is 0.154. The highest BCUT2D eigenvalue weighted by Crippen LogP contribution is 2.44. The lowest BCUT2D eigenvalue weighted by Crippen LogP contribution is -2.15. The summed E-state index contributed by atoms with van der Waals surface area (Å²) in [6.45, 7) is 8.55. The van der Waals surface area contributed by atoms with E-state index in [0.717, 1.165) is 51.5 Å². The molecule has 0 aliphatic heterocycles. The molecule has 9 aromatic carbocycles. The van der Waals surface area contributed by atoms with Gasteiger partial charge in [-0.2, -0.15) is 0 Å². The van der Waals surface area contributed by atoms with Gasteiger partial charge in [0.1, 0.15) is 0 Å². The minimum atomic E-state index is 0.465. The Morgan fingerprint density at radius 2 is 1.19 bits per heavy atom. The van der Waals surface area contributed by atoms with Gasteiger partial charge < -0.3 is 10.2 Å². The van der Waals surface area contributed by atoms with Crippen LogP contribution in [0.3, 0.4) is 0 Å². The second kappa shape index (κ2) is 17.0. The SMILES string of the molecule is C=Cc1c(-c2cccc3ccccc23)ccc(N(c2ccccc2)c2ccc3c(c2)C=C2C=CC=CC2C3)c1C=C.c1ccc(Nc2ccc3cc4ccccc4cc3c2)cc1. The van der Waals surface area contributed by atoms with Crippen LogP contribution in [0.5, 0.6) is 0 Å². The standard InChI is InChI=1S/C40H31N.C20H15N/c1-3-35-36(4-2)40(24-23-39(35)38-20-12-16-28-13-10-11-19-37(28)38)41(33-17-6-5-7-18-33)34-22-21-31-25-29-14-8-9-15-30(29)26-32(31)27-34;1-2-8-19(9-3-1)21-20-11-10-17-12-15-6-4-5-7-16(15)13-18(17)14-20/h3-24,26-27,29H,1-2,25H2;1-14,21H. The lowest BCUT2D eigenvalue weighted by atomic mass is 9.81. The Bertz CT molecular complexity index is 3220. The minimum Gasteiger partial charge on any atom is -0.356 e. The number of allylic oxidation sites excluding steroid dienone is 5. The topological polar surface area (TPSA) is 15.3 Å². The van der Waals surface area contributed by atoms with E-state index >= 15 is 0 Å². The molecule has 0 saturated carbocycles. The van der Waals surface area contributed by atoms with Gasteiger partial charge in [-0.25, -0.2) is 0 Å². The molecule has 1 unspecified atom stereocenters. The highest BCUT2D eigenvalue weighted by molar-refractivity contribution is 6.02. The molecule has 0 aromatic heterocycles. The summed E-state index contributed by atoms with van der Waals surface area (Å²) < 4.78 is 0. The average molecular weight is 795 g/mol. The van der Waals surface area contributed by atoms with Gasteiger partial charge in [0.2, 0.25) is 0 Å². The smallest absolute Gasteiger partial charge is 0.0540 e. The fourth-order valence-corrected chi connectivity index (χ4v) is 9.06. The number of benzene rings is 9. The van der Waals surface area contributed by atoms with E-state index < -0.39 is 0 Å². The van der Waals surface area contributed by atoms with Gasteiger partial charge in [-0.05, 0) is 139 Å². The van der Waals surface area contributed by atoms with E-state index in [-0.39, 0.29) is 0 Å². The summed E-state index contributed by atoms with van der Waals surface area (Å²) >= 11 is 0. The average Bonchev–Trinajstić information content (AvgIpc) is 3.33. The number of rotatable bonds is 8. The van der Waals surface area contributed by atoms with E-state index in [1.54, 1.807) is 0 Å². The first-order chi connectivity index (χ1) is 30.6. The second-order valence-corrected chi connectivity index (χ2v) is 15.9. The van der Waals surface area contributed by atoms with E-state index in [2.05, 4.69) is 224 Å². The van der Waals surface area contributed by atoms with E-state index in [1.165, 1.54) is 54.6 Å². The molecule has 0 radical (unpaired) electrons. The van der Waals surface area contributed by atoms with Crippen LogP contribution >= 0.6 is 0 Å². The maximum atomic E-state index is 4.28. The first-order valence-electron chi connectivity index (χ1n) is 21.3. The number of fused-ring (bicyclic) bond motifs is 5. The zero-order valence-electron chi connectivity index (χ0n) is 34.6. The first-order valence-corrected chi connectivity index (χ1v) is 21.3. The number of hydrogen-bond acceptors (Lipinski definition) is 2. The van der Waals surface area contributed by atoms with Crippen LogP contribution in [0, 0.1) is 5.92 Å². The van der Waals surface area contributed by atoms with Crippen LogP contribution in [0.15, 0.2) is 231 Å². The van der Waals surface area contributed by atoms with Crippen LogP contribution in [-0.2, 0) is 6.42 Å². The van der Waals surface area contributed by atoms with Gasteiger partial charge >= 0.3 is 0 Å². The number of para-hydroxylation sites is 2. The Labute approximate surface area is 364 Å². The molecule has 0 saturated heterocycles. The Morgan fingerprint density at radius 1 is 0.500 bits per heavy atom. The van der Waals surface area contributed by atoms with Crippen molar-refractivity contribution in [2.24, 2.45) is 5.92 Å².